The highest BCUT2D eigenvalue weighted by Crippen LogP contribution is 2.47. The molecular formula is C37H48N4O5S. The van der Waals surface area contributed by atoms with Gasteiger partial charge in [0.05, 0.1) is 24.6 Å². The molecule has 3 aromatic rings. The summed E-state index contributed by atoms with van der Waals surface area (Å²) in [5.41, 5.74) is 6.08. The smallest absolute Gasteiger partial charge is 0.264 e. The number of nitrogens with one attached hydrogen (secondary N) is 1. The zero-order valence-electron chi connectivity index (χ0n) is 28.3. The summed E-state index contributed by atoms with van der Waals surface area (Å²) in [5, 5.41) is 0.311. The molecule has 2 aliphatic heterocycles. The molecule has 10 heteroatoms. The molecule has 1 unspecified atom stereocenters. The number of benzene rings is 2. The largest absolute Gasteiger partial charge is 0.497 e. The van der Waals surface area contributed by atoms with E-state index in [1.807, 2.05) is 35.2 Å². The number of ether oxygens (including phenoxy) is 1. The van der Waals surface area contributed by atoms with Crippen molar-refractivity contribution in [3.63, 3.8) is 0 Å². The van der Waals surface area contributed by atoms with Crippen LogP contribution in [0.25, 0.3) is 28.2 Å². The molecule has 6 rings (SSSR count). The maximum atomic E-state index is 14.5. The van der Waals surface area contributed by atoms with Gasteiger partial charge in [-0.2, -0.15) is 0 Å². The number of methoxy groups -OCH3 is 1. The molecule has 1 aromatic heterocycles. The average molecular weight is 661 g/mol. The number of rotatable bonds is 9. The number of amides is 2. The predicted octanol–water partition coefficient (Wildman–Crippen LogP) is 6.17. The molecule has 2 amide bonds. The Morgan fingerprint density at radius 3 is 2.51 bits per heavy atom. The van der Waals surface area contributed by atoms with Crippen molar-refractivity contribution in [2.75, 3.05) is 33.8 Å². The van der Waals surface area contributed by atoms with Gasteiger partial charge in [0.1, 0.15) is 5.75 Å². The molecule has 0 spiro atoms. The quantitative estimate of drug-likeness (QED) is 0.295. The van der Waals surface area contributed by atoms with E-state index in [4.69, 9.17) is 4.74 Å². The zero-order valence-corrected chi connectivity index (χ0v) is 29.2. The standard InChI is InChI=1S/C37H48N4O5S/c1-6-39(4)23-29-13-10-18-40(29)37(43)28-19-27-20-30(46-5)15-17-31(27)35-34(25-11-8-7-9-12-25)32-16-14-26(21-33(32)41(35)22-28)36(42)38-47(44,45)24(2)3/h14-17,19-21,24-25,29H,6-13,18,22-23H2,1-5H3,(H,38,42). The van der Waals surface area contributed by atoms with Crippen LogP contribution < -0.4 is 9.46 Å². The first kappa shape index (κ1) is 33.3. The summed E-state index contributed by atoms with van der Waals surface area (Å²) in [6, 6.07) is 11.7. The van der Waals surface area contributed by atoms with Crippen LogP contribution >= 0.6 is 0 Å². The van der Waals surface area contributed by atoms with Crippen LogP contribution in [0.15, 0.2) is 42.0 Å². The first-order chi connectivity index (χ1) is 22.5. The summed E-state index contributed by atoms with van der Waals surface area (Å²) >= 11 is 0. The summed E-state index contributed by atoms with van der Waals surface area (Å²) in [6.45, 7) is 8.05. The molecule has 1 saturated carbocycles. The van der Waals surface area contributed by atoms with Crippen LogP contribution in [0.4, 0.5) is 0 Å². The van der Waals surface area contributed by atoms with E-state index in [9.17, 15) is 18.0 Å². The zero-order chi connectivity index (χ0) is 33.5. The molecule has 1 N–H and O–H groups in total. The van der Waals surface area contributed by atoms with Gasteiger partial charge in [0.25, 0.3) is 11.8 Å². The maximum Gasteiger partial charge on any atom is 0.264 e. The Kier molecular flexibility index (Phi) is 9.54. The van der Waals surface area contributed by atoms with Crippen molar-refractivity contribution in [1.29, 1.82) is 0 Å². The molecule has 0 radical (unpaired) electrons. The molecule has 47 heavy (non-hydrogen) atoms. The summed E-state index contributed by atoms with van der Waals surface area (Å²) < 4.78 is 35.3. The van der Waals surface area contributed by atoms with Crippen LogP contribution in [0.3, 0.4) is 0 Å². The SMILES string of the molecule is CCN(C)CC1CCCN1C(=O)C1=Cc2cc(OC)ccc2-c2c(C3CCCCC3)c3ccc(C(=O)NS(=O)(=O)C(C)C)cc3n2C1. The highest BCUT2D eigenvalue weighted by Gasteiger charge is 2.35. The molecule has 9 nitrogen and oxygen atoms in total. The topological polar surface area (TPSA) is 101 Å². The first-order valence-corrected chi connectivity index (χ1v) is 18.7. The second-order valence-electron chi connectivity index (χ2n) is 13.7. The van der Waals surface area contributed by atoms with Gasteiger partial charge in [-0.05, 0) is 107 Å². The maximum absolute atomic E-state index is 14.5. The highest BCUT2D eigenvalue weighted by atomic mass is 32.2. The summed E-state index contributed by atoms with van der Waals surface area (Å²) in [4.78, 5) is 32.1. The van der Waals surface area contributed by atoms with Crippen LogP contribution in [0.5, 0.6) is 5.75 Å². The van der Waals surface area contributed by atoms with Crippen LogP contribution in [0, 0.1) is 0 Å². The van der Waals surface area contributed by atoms with Gasteiger partial charge in [-0.25, -0.2) is 13.1 Å². The number of carbonyl (C=O) groups is 2. The number of hydrogen-bond donors (Lipinski definition) is 1. The Morgan fingerprint density at radius 1 is 1.04 bits per heavy atom. The van der Waals surface area contributed by atoms with E-state index >= 15 is 0 Å². The minimum atomic E-state index is -3.81. The van der Waals surface area contributed by atoms with Gasteiger partial charge in [0, 0.05) is 46.7 Å². The number of nitrogens with zero attached hydrogens (tertiary/aromatic N) is 3. The Labute approximate surface area is 279 Å². The van der Waals surface area contributed by atoms with Crippen molar-refractivity contribution in [3.05, 3.63) is 58.7 Å². The second kappa shape index (κ2) is 13.5. The number of aromatic nitrogens is 1. The minimum Gasteiger partial charge on any atom is -0.497 e. The Bertz CT molecular complexity index is 1820. The fourth-order valence-corrected chi connectivity index (χ4v) is 8.20. The van der Waals surface area contributed by atoms with Gasteiger partial charge in [-0.15, -0.1) is 0 Å². The normalized spacial score (nSPS) is 18.7. The van der Waals surface area contributed by atoms with E-state index in [1.165, 1.54) is 12.0 Å². The van der Waals surface area contributed by atoms with E-state index in [0.717, 1.165) is 91.6 Å². The molecule has 1 saturated heterocycles. The van der Waals surface area contributed by atoms with Crippen molar-refractivity contribution < 1.29 is 22.7 Å². The molecule has 2 fully saturated rings. The predicted molar refractivity (Wildman–Crippen MR) is 187 cm³/mol. The lowest BCUT2D eigenvalue weighted by Gasteiger charge is -2.29. The summed E-state index contributed by atoms with van der Waals surface area (Å²) in [6.07, 6.45) is 9.68. The lowest BCUT2D eigenvalue weighted by atomic mass is 9.81. The first-order valence-electron chi connectivity index (χ1n) is 17.1. The average Bonchev–Trinajstić information content (AvgIpc) is 3.61. The lowest BCUT2D eigenvalue weighted by molar-refractivity contribution is -0.128. The number of likely N-dealkylation sites (N-methyl/N-ethyl adjacent to an activating group) is 1. The van der Waals surface area contributed by atoms with Crippen LogP contribution in [0.1, 0.15) is 93.1 Å². The van der Waals surface area contributed by atoms with Gasteiger partial charge < -0.3 is 19.1 Å². The van der Waals surface area contributed by atoms with Crippen molar-refractivity contribution in [2.45, 2.75) is 89.5 Å². The summed E-state index contributed by atoms with van der Waals surface area (Å²) in [7, 11) is -0.0537. The fraction of sp³-hybridized carbons (Fsp3) is 0.514. The number of likely N-dealkylation sites (tertiary alicyclic amines) is 1. The number of carbonyl (C=O) groups excluding carboxylic acids is 2. The highest BCUT2D eigenvalue weighted by molar-refractivity contribution is 7.90. The monoisotopic (exact) mass is 660 g/mol. The lowest BCUT2D eigenvalue weighted by Crippen LogP contribution is -2.43. The van der Waals surface area contributed by atoms with Gasteiger partial charge in [0.15, 0.2) is 0 Å². The van der Waals surface area contributed by atoms with Gasteiger partial charge in [-0.1, -0.05) is 32.3 Å². The fourth-order valence-electron chi connectivity index (χ4n) is 7.58. The third-order valence-corrected chi connectivity index (χ3v) is 12.1. The van der Waals surface area contributed by atoms with Gasteiger partial charge >= 0.3 is 0 Å². The van der Waals surface area contributed by atoms with Crippen LogP contribution in [-0.2, 0) is 21.4 Å². The van der Waals surface area contributed by atoms with E-state index < -0.39 is 21.2 Å². The van der Waals surface area contributed by atoms with Gasteiger partial charge in [0.2, 0.25) is 10.0 Å². The van der Waals surface area contributed by atoms with Crippen LogP contribution in [0.2, 0.25) is 0 Å². The van der Waals surface area contributed by atoms with E-state index in [-0.39, 0.29) is 17.5 Å². The molecule has 1 atom stereocenters. The van der Waals surface area contributed by atoms with Crippen molar-refractivity contribution in [3.8, 4) is 17.0 Å². The number of hydrogen-bond acceptors (Lipinski definition) is 6. The van der Waals surface area contributed by atoms with E-state index in [0.29, 0.717) is 18.0 Å². The third-order valence-electron chi connectivity index (χ3n) is 10.4. The number of fused-ring (bicyclic) bond motifs is 5. The molecule has 3 aliphatic rings. The Morgan fingerprint density at radius 2 is 1.81 bits per heavy atom. The summed E-state index contributed by atoms with van der Waals surface area (Å²) in [5.74, 6) is 0.449. The van der Waals surface area contributed by atoms with Crippen LogP contribution in [-0.4, -0.2) is 79.7 Å². The Hall–Kier alpha value is -3.63. The van der Waals surface area contributed by atoms with Crippen molar-refractivity contribution >= 4 is 38.8 Å². The second-order valence-corrected chi connectivity index (χ2v) is 15.9. The van der Waals surface area contributed by atoms with Crippen molar-refractivity contribution in [2.24, 2.45) is 0 Å². The van der Waals surface area contributed by atoms with E-state index in [1.54, 1.807) is 27.0 Å². The molecule has 0 bridgehead atoms. The third kappa shape index (κ3) is 6.46. The molecule has 2 aromatic carbocycles. The van der Waals surface area contributed by atoms with Crippen molar-refractivity contribution in [1.82, 2.24) is 19.1 Å². The molecule has 1 aliphatic carbocycles. The minimum absolute atomic E-state index is 0.0385. The molecular weight excluding hydrogens is 612 g/mol. The van der Waals surface area contributed by atoms with E-state index in [2.05, 4.69) is 34.2 Å². The molecule has 252 valence electrons. The number of sulfonamides is 1. The Balaban J connectivity index is 1.53. The molecule has 3 heterocycles. The van der Waals surface area contributed by atoms with Gasteiger partial charge in [-0.3, -0.25) is 9.59 Å².